The van der Waals surface area contributed by atoms with Crippen LogP contribution < -0.4 is 10.6 Å². The van der Waals surface area contributed by atoms with Gasteiger partial charge in [-0.25, -0.2) is 9.97 Å². The van der Waals surface area contributed by atoms with E-state index in [1.807, 2.05) is 18.2 Å². The summed E-state index contributed by atoms with van der Waals surface area (Å²) in [6.07, 6.45) is 4.16. The van der Waals surface area contributed by atoms with Crippen LogP contribution in [0.15, 0.2) is 30.5 Å². The minimum Gasteiger partial charge on any atom is -0.385 e. The monoisotopic (exact) mass is 342 g/mol. The van der Waals surface area contributed by atoms with E-state index >= 15 is 0 Å². The van der Waals surface area contributed by atoms with Gasteiger partial charge in [0.2, 0.25) is 5.95 Å². The Balaban J connectivity index is 2.11. The van der Waals surface area contributed by atoms with Gasteiger partial charge in [0.15, 0.2) is 0 Å². The van der Waals surface area contributed by atoms with Crippen molar-refractivity contribution in [1.29, 1.82) is 0 Å². The van der Waals surface area contributed by atoms with Crippen molar-refractivity contribution in [3.63, 3.8) is 0 Å². The predicted octanol–water partition coefficient (Wildman–Crippen LogP) is 3.30. The zero-order valence-corrected chi connectivity index (χ0v) is 15.1. The van der Waals surface area contributed by atoms with Gasteiger partial charge in [0.05, 0.1) is 0 Å². The molecule has 0 atom stereocenters. The highest BCUT2D eigenvalue weighted by molar-refractivity contribution is 6.03. The van der Waals surface area contributed by atoms with Crippen LogP contribution in [-0.2, 0) is 17.6 Å². The molecular weight excluding hydrogens is 316 g/mol. The molecule has 0 saturated carbocycles. The minimum atomic E-state index is -0.224. The number of aryl methyl sites for hydroxylation is 2. The molecule has 1 heterocycles. The fourth-order valence-corrected chi connectivity index (χ4v) is 2.57. The van der Waals surface area contributed by atoms with Gasteiger partial charge in [-0.05, 0) is 36.5 Å². The van der Waals surface area contributed by atoms with Gasteiger partial charge >= 0.3 is 0 Å². The summed E-state index contributed by atoms with van der Waals surface area (Å²) in [5, 5.41) is 6.13. The Kier molecular flexibility index (Phi) is 7.35. The topological polar surface area (TPSA) is 76.1 Å². The number of nitrogens with zero attached hydrogens (tertiary/aromatic N) is 2. The standard InChI is InChI=1S/C19H26N4O2/c1-4-14-8-6-9-15(5-2)17(14)23-18(24)16-10-12-21-19(22-16)20-11-7-13-25-3/h6,8-10,12H,4-5,7,11,13H2,1-3H3,(H,23,24)(H,20,21,22). The molecule has 1 aromatic carbocycles. The highest BCUT2D eigenvalue weighted by atomic mass is 16.5. The number of nitrogens with one attached hydrogen (secondary N) is 2. The van der Waals surface area contributed by atoms with Gasteiger partial charge in [0.1, 0.15) is 5.69 Å². The smallest absolute Gasteiger partial charge is 0.274 e. The quantitative estimate of drug-likeness (QED) is 0.684. The van der Waals surface area contributed by atoms with Gasteiger partial charge in [0, 0.05) is 32.1 Å². The predicted molar refractivity (Wildman–Crippen MR) is 100 cm³/mol. The second-order valence-electron chi connectivity index (χ2n) is 5.65. The summed E-state index contributed by atoms with van der Waals surface area (Å²) in [4.78, 5) is 21.1. The van der Waals surface area contributed by atoms with E-state index in [0.29, 0.717) is 24.8 Å². The first-order valence-electron chi connectivity index (χ1n) is 8.67. The number of benzene rings is 1. The minimum absolute atomic E-state index is 0.224. The third kappa shape index (κ3) is 5.26. The first-order valence-corrected chi connectivity index (χ1v) is 8.67. The van der Waals surface area contributed by atoms with Crippen molar-refractivity contribution >= 4 is 17.5 Å². The van der Waals surface area contributed by atoms with E-state index in [-0.39, 0.29) is 5.91 Å². The van der Waals surface area contributed by atoms with Crippen LogP contribution in [0.4, 0.5) is 11.6 Å². The molecule has 6 nitrogen and oxygen atoms in total. The molecule has 25 heavy (non-hydrogen) atoms. The lowest BCUT2D eigenvalue weighted by atomic mass is 10.0. The van der Waals surface area contributed by atoms with Crippen molar-refractivity contribution in [3.05, 3.63) is 47.3 Å². The second kappa shape index (κ2) is 9.74. The van der Waals surface area contributed by atoms with Gasteiger partial charge in [-0.15, -0.1) is 0 Å². The highest BCUT2D eigenvalue weighted by Crippen LogP contribution is 2.23. The summed E-state index contributed by atoms with van der Waals surface area (Å²) in [6.45, 7) is 5.52. The molecule has 2 N–H and O–H groups in total. The van der Waals surface area contributed by atoms with E-state index in [4.69, 9.17) is 4.74 Å². The third-order valence-electron chi connectivity index (χ3n) is 3.93. The number of hydrogen-bond donors (Lipinski definition) is 2. The van der Waals surface area contributed by atoms with Crippen molar-refractivity contribution in [1.82, 2.24) is 9.97 Å². The summed E-state index contributed by atoms with van der Waals surface area (Å²) in [7, 11) is 1.67. The largest absolute Gasteiger partial charge is 0.385 e. The zero-order valence-electron chi connectivity index (χ0n) is 15.1. The van der Waals surface area contributed by atoms with E-state index < -0.39 is 0 Å². The number of hydrogen-bond acceptors (Lipinski definition) is 5. The van der Waals surface area contributed by atoms with Gasteiger partial charge < -0.3 is 15.4 Å². The Bertz CT molecular complexity index is 681. The second-order valence-corrected chi connectivity index (χ2v) is 5.65. The number of aromatic nitrogens is 2. The Morgan fingerprint density at radius 2 is 1.88 bits per heavy atom. The Labute approximate surface area is 149 Å². The average Bonchev–Trinajstić information content (AvgIpc) is 2.65. The summed E-state index contributed by atoms with van der Waals surface area (Å²) < 4.78 is 5.01. The van der Waals surface area contributed by atoms with Crippen molar-refractivity contribution in [2.75, 3.05) is 30.9 Å². The molecule has 0 aliphatic heterocycles. The van der Waals surface area contributed by atoms with Crippen molar-refractivity contribution in [2.45, 2.75) is 33.1 Å². The molecule has 0 fully saturated rings. The molecular formula is C19H26N4O2. The number of amides is 1. The van der Waals surface area contributed by atoms with Gasteiger partial charge in [-0.1, -0.05) is 32.0 Å². The highest BCUT2D eigenvalue weighted by Gasteiger charge is 2.13. The molecule has 1 aromatic heterocycles. The van der Waals surface area contributed by atoms with E-state index in [0.717, 1.165) is 36.1 Å². The molecule has 2 rings (SSSR count). The fraction of sp³-hybridized carbons (Fsp3) is 0.421. The molecule has 0 aliphatic rings. The normalized spacial score (nSPS) is 10.5. The lowest BCUT2D eigenvalue weighted by Crippen LogP contribution is -2.17. The Morgan fingerprint density at radius 3 is 2.52 bits per heavy atom. The van der Waals surface area contributed by atoms with Crippen LogP contribution in [0, 0.1) is 0 Å². The first-order chi connectivity index (χ1) is 12.2. The third-order valence-corrected chi connectivity index (χ3v) is 3.93. The molecule has 0 saturated heterocycles. The summed E-state index contributed by atoms with van der Waals surface area (Å²) in [5.74, 6) is 0.223. The molecule has 2 aromatic rings. The molecule has 0 unspecified atom stereocenters. The van der Waals surface area contributed by atoms with Gasteiger partial charge in [0.25, 0.3) is 5.91 Å². The SMILES string of the molecule is CCc1cccc(CC)c1NC(=O)c1ccnc(NCCCOC)n1. The number of para-hydroxylation sites is 1. The summed E-state index contributed by atoms with van der Waals surface area (Å²) in [6, 6.07) is 7.73. The maximum atomic E-state index is 12.6. The molecule has 0 aliphatic carbocycles. The lowest BCUT2D eigenvalue weighted by molar-refractivity contribution is 0.102. The zero-order chi connectivity index (χ0) is 18.1. The van der Waals surface area contributed by atoms with Crippen LogP contribution in [0.2, 0.25) is 0 Å². The Hall–Kier alpha value is -2.47. The van der Waals surface area contributed by atoms with Crippen molar-refractivity contribution in [3.8, 4) is 0 Å². The van der Waals surface area contributed by atoms with Crippen LogP contribution in [0.3, 0.4) is 0 Å². The number of rotatable bonds is 9. The number of carbonyl (C=O) groups is 1. The molecule has 1 amide bonds. The van der Waals surface area contributed by atoms with E-state index in [9.17, 15) is 4.79 Å². The lowest BCUT2D eigenvalue weighted by Gasteiger charge is -2.14. The van der Waals surface area contributed by atoms with Crippen molar-refractivity contribution < 1.29 is 9.53 Å². The number of ether oxygens (including phenoxy) is 1. The molecule has 0 radical (unpaired) electrons. The van der Waals surface area contributed by atoms with Crippen LogP contribution >= 0.6 is 0 Å². The van der Waals surface area contributed by atoms with Gasteiger partial charge in [-0.3, -0.25) is 4.79 Å². The van der Waals surface area contributed by atoms with Crippen LogP contribution in [0.25, 0.3) is 0 Å². The van der Waals surface area contributed by atoms with Crippen LogP contribution in [-0.4, -0.2) is 36.1 Å². The molecule has 6 heteroatoms. The van der Waals surface area contributed by atoms with Crippen LogP contribution in [0.5, 0.6) is 0 Å². The number of methoxy groups -OCH3 is 1. The van der Waals surface area contributed by atoms with E-state index in [1.54, 1.807) is 19.4 Å². The maximum Gasteiger partial charge on any atom is 0.274 e. The summed E-state index contributed by atoms with van der Waals surface area (Å²) in [5.41, 5.74) is 3.49. The Morgan fingerprint density at radius 1 is 1.16 bits per heavy atom. The fourth-order valence-electron chi connectivity index (χ4n) is 2.57. The number of carbonyl (C=O) groups excluding carboxylic acids is 1. The molecule has 0 bridgehead atoms. The van der Waals surface area contributed by atoms with Crippen molar-refractivity contribution in [2.24, 2.45) is 0 Å². The van der Waals surface area contributed by atoms with E-state index in [2.05, 4.69) is 34.4 Å². The van der Waals surface area contributed by atoms with Crippen LogP contribution in [0.1, 0.15) is 41.9 Å². The average molecular weight is 342 g/mol. The molecule has 0 spiro atoms. The summed E-state index contributed by atoms with van der Waals surface area (Å²) >= 11 is 0. The first kappa shape index (κ1) is 18.9. The van der Waals surface area contributed by atoms with Gasteiger partial charge in [-0.2, -0.15) is 0 Å². The maximum absolute atomic E-state index is 12.6. The molecule has 134 valence electrons. The number of anilines is 2. The van der Waals surface area contributed by atoms with E-state index in [1.165, 1.54) is 0 Å².